The average Bonchev–Trinajstić information content (AvgIpc) is 3.19. The van der Waals surface area contributed by atoms with E-state index in [0.717, 1.165) is 17.1 Å². The number of likely N-dealkylation sites (N-methyl/N-ethyl adjacent to an activating group) is 1. The van der Waals surface area contributed by atoms with Crippen molar-refractivity contribution in [2.24, 2.45) is 0 Å². The van der Waals surface area contributed by atoms with Crippen LogP contribution in [0, 0.1) is 0 Å². The van der Waals surface area contributed by atoms with Crippen molar-refractivity contribution in [3.05, 3.63) is 10.4 Å². The molecule has 3 N–H and O–H groups in total. The van der Waals surface area contributed by atoms with E-state index < -0.39 is 0 Å². The standard InChI is InChI=1S/C14H23N3O2S/c1-4-16-13(18)12-11(15)10(9-5-6-9)14(20-12)17(2)7-8-19-3/h9H,4-8,15H2,1-3H3,(H,16,18). The molecule has 0 unspecified atom stereocenters. The van der Waals surface area contributed by atoms with Gasteiger partial charge in [-0.2, -0.15) is 0 Å². The van der Waals surface area contributed by atoms with E-state index in [1.165, 1.54) is 24.2 Å². The van der Waals surface area contributed by atoms with E-state index in [-0.39, 0.29) is 5.91 Å². The van der Waals surface area contributed by atoms with E-state index in [9.17, 15) is 4.79 Å². The van der Waals surface area contributed by atoms with Crippen LogP contribution in [-0.4, -0.2) is 39.8 Å². The molecular weight excluding hydrogens is 274 g/mol. The van der Waals surface area contributed by atoms with Gasteiger partial charge in [0.1, 0.15) is 4.88 Å². The summed E-state index contributed by atoms with van der Waals surface area (Å²) in [7, 11) is 3.72. The molecule has 2 rings (SSSR count). The van der Waals surface area contributed by atoms with Crippen LogP contribution >= 0.6 is 11.3 Å². The molecule has 0 radical (unpaired) electrons. The Morgan fingerprint density at radius 2 is 2.25 bits per heavy atom. The van der Waals surface area contributed by atoms with Gasteiger partial charge in [-0.15, -0.1) is 11.3 Å². The number of nitrogen functional groups attached to an aromatic ring is 1. The Labute approximate surface area is 124 Å². The molecule has 0 spiro atoms. The molecule has 1 saturated carbocycles. The Morgan fingerprint density at radius 1 is 1.55 bits per heavy atom. The Bertz CT molecular complexity index is 483. The lowest BCUT2D eigenvalue weighted by molar-refractivity contribution is 0.0960. The lowest BCUT2D eigenvalue weighted by Gasteiger charge is -2.18. The zero-order valence-corrected chi connectivity index (χ0v) is 13.2. The lowest BCUT2D eigenvalue weighted by Crippen LogP contribution is -2.22. The minimum absolute atomic E-state index is 0.0664. The number of amides is 1. The van der Waals surface area contributed by atoms with Crippen LogP contribution in [0.15, 0.2) is 0 Å². The molecule has 5 nitrogen and oxygen atoms in total. The summed E-state index contributed by atoms with van der Waals surface area (Å²) in [6, 6.07) is 0. The number of rotatable bonds is 7. The number of anilines is 2. The molecule has 6 heteroatoms. The first kappa shape index (κ1) is 15.1. The van der Waals surface area contributed by atoms with Crippen molar-refractivity contribution in [1.29, 1.82) is 0 Å². The van der Waals surface area contributed by atoms with Crippen LogP contribution < -0.4 is 16.0 Å². The van der Waals surface area contributed by atoms with Crippen molar-refractivity contribution < 1.29 is 9.53 Å². The van der Waals surface area contributed by atoms with Crippen LogP contribution in [0.1, 0.15) is 40.9 Å². The molecule has 1 fully saturated rings. The topological polar surface area (TPSA) is 67.6 Å². The number of thiophene rings is 1. The van der Waals surface area contributed by atoms with Gasteiger partial charge in [0.2, 0.25) is 0 Å². The molecule has 0 atom stereocenters. The molecule has 1 amide bonds. The van der Waals surface area contributed by atoms with E-state index in [1.54, 1.807) is 7.11 Å². The highest BCUT2D eigenvalue weighted by Crippen LogP contribution is 2.51. The predicted molar refractivity (Wildman–Crippen MR) is 83.9 cm³/mol. The van der Waals surface area contributed by atoms with Gasteiger partial charge in [-0.3, -0.25) is 4.79 Å². The molecule has 1 heterocycles. The minimum Gasteiger partial charge on any atom is -0.397 e. The summed E-state index contributed by atoms with van der Waals surface area (Å²) in [5.41, 5.74) is 8.07. The Hall–Kier alpha value is -1.27. The second-order valence-corrected chi connectivity index (χ2v) is 6.11. The number of carbonyl (C=O) groups excluding carboxylic acids is 1. The summed E-state index contributed by atoms with van der Waals surface area (Å²) in [6.45, 7) is 3.98. The highest BCUT2D eigenvalue weighted by molar-refractivity contribution is 7.18. The quantitative estimate of drug-likeness (QED) is 0.808. The molecule has 1 aliphatic rings. The van der Waals surface area contributed by atoms with E-state index >= 15 is 0 Å². The summed E-state index contributed by atoms with van der Waals surface area (Å²) in [5, 5.41) is 3.95. The van der Waals surface area contributed by atoms with Crippen molar-refractivity contribution >= 4 is 27.9 Å². The van der Waals surface area contributed by atoms with Gasteiger partial charge in [-0.25, -0.2) is 0 Å². The monoisotopic (exact) mass is 297 g/mol. The largest absolute Gasteiger partial charge is 0.397 e. The van der Waals surface area contributed by atoms with Gasteiger partial charge in [-0.05, 0) is 25.7 Å². The molecule has 0 aromatic carbocycles. The number of hydrogen-bond donors (Lipinski definition) is 2. The van der Waals surface area contributed by atoms with Crippen LogP contribution in [0.3, 0.4) is 0 Å². The number of methoxy groups -OCH3 is 1. The van der Waals surface area contributed by atoms with Gasteiger partial charge in [0.15, 0.2) is 0 Å². The number of hydrogen-bond acceptors (Lipinski definition) is 5. The smallest absolute Gasteiger partial charge is 0.263 e. The summed E-state index contributed by atoms with van der Waals surface area (Å²) >= 11 is 1.49. The van der Waals surface area contributed by atoms with Crippen molar-refractivity contribution in [1.82, 2.24) is 5.32 Å². The molecule has 0 aliphatic heterocycles. The summed E-state index contributed by atoms with van der Waals surface area (Å²) < 4.78 is 5.13. The third-order valence-corrected chi connectivity index (χ3v) is 4.80. The third-order valence-electron chi connectivity index (χ3n) is 3.47. The van der Waals surface area contributed by atoms with Crippen LogP contribution in [0.4, 0.5) is 10.7 Å². The van der Waals surface area contributed by atoms with Crippen LogP contribution in [0.25, 0.3) is 0 Å². The molecule has 1 aliphatic carbocycles. The van der Waals surface area contributed by atoms with E-state index in [2.05, 4.69) is 10.2 Å². The molecule has 0 bridgehead atoms. The molecule has 1 aromatic heterocycles. The fourth-order valence-corrected chi connectivity index (χ4v) is 3.45. The van der Waals surface area contributed by atoms with Crippen LogP contribution in [0.5, 0.6) is 0 Å². The van der Waals surface area contributed by atoms with Gasteiger partial charge in [-0.1, -0.05) is 0 Å². The maximum atomic E-state index is 12.1. The number of carbonyl (C=O) groups is 1. The van der Waals surface area contributed by atoms with E-state index in [4.69, 9.17) is 10.5 Å². The number of ether oxygens (including phenoxy) is 1. The predicted octanol–water partition coefficient (Wildman–Crippen LogP) is 2.04. The maximum absolute atomic E-state index is 12.1. The van der Waals surface area contributed by atoms with Gasteiger partial charge < -0.3 is 20.7 Å². The van der Waals surface area contributed by atoms with Crippen molar-refractivity contribution in [2.45, 2.75) is 25.7 Å². The average molecular weight is 297 g/mol. The second kappa shape index (κ2) is 6.45. The van der Waals surface area contributed by atoms with E-state index in [0.29, 0.717) is 29.6 Å². The first-order valence-corrected chi connectivity index (χ1v) is 7.82. The second-order valence-electron chi connectivity index (χ2n) is 5.11. The number of nitrogens with zero attached hydrogens (tertiary/aromatic N) is 1. The Kier molecular flexibility index (Phi) is 4.88. The summed E-state index contributed by atoms with van der Waals surface area (Å²) in [6.07, 6.45) is 2.34. The Balaban J connectivity index is 2.30. The zero-order chi connectivity index (χ0) is 14.7. The van der Waals surface area contributed by atoms with Crippen LogP contribution in [0.2, 0.25) is 0 Å². The molecule has 0 saturated heterocycles. The van der Waals surface area contributed by atoms with Crippen molar-refractivity contribution in [3.8, 4) is 0 Å². The number of nitrogens with two attached hydrogens (primary N) is 1. The molecular formula is C14H23N3O2S. The highest BCUT2D eigenvalue weighted by Gasteiger charge is 2.33. The normalized spacial score (nSPS) is 14.3. The zero-order valence-electron chi connectivity index (χ0n) is 12.4. The number of nitrogens with one attached hydrogen (secondary N) is 1. The van der Waals surface area contributed by atoms with Gasteiger partial charge in [0.25, 0.3) is 5.91 Å². The van der Waals surface area contributed by atoms with E-state index in [1.807, 2.05) is 14.0 Å². The maximum Gasteiger partial charge on any atom is 0.263 e. The highest BCUT2D eigenvalue weighted by atomic mass is 32.1. The fourth-order valence-electron chi connectivity index (χ4n) is 2.23. The van der Waals surface area contributed by atoms with Crippen molar-refractivity contribution in [3.63, 3.8) is 0 Å². The van der Waals surface area contributed by atoms with Gasteiger partial charge >= 0.3 is 0 Å². The van der Waals surface area contributed by atoms with Crippen molar-refractivity contribution in [2.75, 3.05) is 44.5 Å². The lowest BCUT2D eigenvalue weighted by atomic mass is 10.1. The third kappa shape index (κ3) is 3.07. The summed E-state index contributed by atoms with van der Waals surface area (Å²) in [4.78, 5) is 14.9. The van der Waals surface area contributed by atoms with Gasteiger partial charge in [0, 0.05) is 32.8 Å². The first-order valence-electron chi connectivity index (χ1n) is 7.00. The first-order chi connectivity index (χ1) is 9.60. The van der Waals surface area contributed by atoms with Crippen LogP contribution in [-0.2, 0) is 4.74 Å². The fraction of sp³-hybridized carbons (Fsp3) is 0.643. The molecule has 20 heavy (non-hydrogen) atoms. The minimum atomic E-state index is -0.0664. The SMILES string of the molecule is CCNC(=O)c1sc(N(C)CCOC)c(C2CC2)c1N. The molecule has 1 aromatic rings. The molecule has 112 valence electrons. The Morgan fingerprint density at radius 3 is 2.80 bits per heavy atom. The van der Waals surface area contributed by atoms with Gasteiger partial charge in [0.05, 0.1) is 17.3 Å². The summed E-state index contributed by atoms with van der Waals surface area (Å²) in [5.74, 6) is 0.456.